The molecule has 0 atom stereocenters. The first-order valence-corrected chi connectivity index (χ1v) is 15.5. The molecule has 0 radical (unpaired) electrons. The summed E-state index contributed by atoms with van der Waals surface area (Å²) in [7, 11) is 0. The number of carbonyl (C=O) groups is 2. The van der Waals surface area contributed by atoms with E-state index in [1.54, 1.807) is 13.8 Å². The molecule has 0 aromatic heterocycles. The first kappa shape index (κ1) is 39.6. The van der Waals surface area contributed by atoms with E-state index < -0.39 is 0 Å². The highest BCUT2D eigenvalue weighted by Crippen LogP contribution is 2.11. The quantitative estimate of drug-likeness (QED) is 0.0408. The van der Waals surface area contributed by atoms with Gasteiger partial charge in [0.2, 0.25) is 0 Å². The largest absolute Gasteiger partial charge is 0.502 e. The van der Waals surface area contributed by atoms with Gasteiger partial charge in [-0.05, 0) is 39.5 Å². The smallest absolute Gasteiger partial charge is 0.333 e. The van der Waals surface area contributed by atoms with Crippen molar-refractivity contribution >= 4 is 11.9 Å². The molecule has 0 rings (SSSR count). The summed E-state index contributed by atoms with van der Waals surface area (Å²) in [6.07, 6.45) is 24.7. The molecule has 6 heteroatoms. The lowest BCUT2D eigenvalue weighted by atomic mass is 10.1. The fourth-order valence-corrected chi connectivity index (χ4v) is 3.79. The molecule has 0 unspecified atom stereocenters. The average molecular weight is 565 g/mol. The van der Waals surface area contributed by atoms with Crippen molar-refractivity contribution in [3.05, 3.63) is 50.0 Å². The zero-order chi connectivity index (χ0) is 30.1. The van der Waals surface area contributed by atoms with Gasteiger partial charge in [-0.15, -0.1) is 0 Å². The van der Waals surface area contributed by atoms with Crippen molar-refractivity contribution in [2.24, 2.45) is 0 Å². The first-order valence-electron chi connectivity index (χ1n) is 15.5. The van der Waals surface area contributed by atoms with Gasteiger partial charge >= 0.3 is 11.9 Å². The third-order valence-electron chi connectivity index (χ3n) is 6.21. The number of unbranched alkanes of at least 4 members (excludes halogenated alkanes) is 16. The summed E-state index contributed by atoms with van der Waals surface area (Å²) in [5.74, 6) is -0.546. The van der Waals surface area contributed by atoms with E-state index in [0.717, 1.165) is 51.7 Å². The number of esters is 2. The normalized spacial score (nSPS) is 10.1. The Hall–Kier alpha value is -2.50. The molecule has 0 heterocycles. The Bertz CT molecular complexity index is 655. The average Bonchev–Trinajstić information content (AvgIpc) is 2.93. The molecule has 6 nitrogen and oxygen atoms in total. The minimum absolute atomic E-state index is 0.270. The fraction of sp³-hybridized carbons (Fsp3) is 0.706. The van der Waals surface area contributed by atoms with E-state index in [-0.39, 0.29) is 11.9 Å². The Balaban J connectivity index is 0. The second-order valence-electron chi connectivity index (χ2n) is 10.3. The van der Waals surface area contributed by atoms with Crippen molar-refractivity contribution in [2.75, 3.05) is 26.4 Å². The molecule has 0 fully saturated rings. The van der Waals surface area contributed by atoms with Crippen LogP contribution < -0.4 is 0 Å². The van der Waals surface area contributed by atoms with Crippen LogP contribution in [-0.2, 0) is 28.5 Å². The van der Waals surface area contributed by atoms with Gasteiger partial charge in [-0.1, -0.05) is 116 Å². The Morgan fingerprint density at radius 1 is 0.450 bits per heavy atom. The third-order valence-corrected chi connectivity index (χ3v) is 6.21. The number of hydrogen-bond donors (Lipinski definition) is 0. The third kappa shape index (κ3) is 33.5. The minimum atomic E-state index is -0.276. The predicted molar refractivity (Wildman–Crippen MR) is 167 cm³/mol. The van der Waals surface area contributed by atoms with E-state index in [2.05, 4.69) is 26.3 Å². The van der Waals surface area contributed by atoms with Crippen LogP contribution in [0.2, 0.25) is 0 Å². The fourth-order valence-electron chi connectivity index (χ4n) is 3.79. The van der Waals surface area contributed by atoms with E-state index in [0.29, 0.717) is 24.4 Å². The van der Waals surface area contributed by atoms with Crippen LogP contribution in [0, 0.1) is 0 Å². The summed E-state index contributed by atoms with van der Waals surface area (Å²) in [6.45, 7) is 20.1. The molecule has 0 amide bonds. The topological polar surface area (TPSA) is 71.1 Å². The monoisotopic (exact) mass is 564 g/mol. The molecule has 0 aliphatic carbocycles. The van der Waals surface area contributed by atoms with Crippen LogP contribution in [0.3, 0.4) is 0 Å². The predicted octanol–water partition coefficient (Wildman–Crippen LogP) is 9.55. The van der Waals surface area contributed by atoms with Gasteiger partial charge in [-0.3, -0.25) is 0 Å². The number of carbonyl (C=O) groups excluding carboxylic acids is 2. The van der Waals surface area contributed by atoms with Crippen molar-refractivity contribution in [3.63, 3.8) is 0 Å². The molecule has 40 heavy (non-hydrogen) atoms. The molecular formula is C34H60O6. The van der Waals surface area contributed by atoms with Gasteiger partial charge in [0.1, 0.15) is 0 Å². The van der Waals surface area contributed by atoms with Crippen molar-refractivity contribution in [3.8, 4) is 0 Å². The zero-order valence-electron chi connectivity index (χ0n) is 26.0. The van der Waals surface area contributed by atoms with E-state index >= 15 is 0 Å². The standard InChI is InChI=1S/C18H32O3.C16H28O3/c1-4-20-15-13-11-9-7-5-6-8-10-12-14-16-21-18(19)17(2)3;1-4-18-13-11-9-7-5-6-8-10-12-14-19-16(17)15(2)3/h4H,1-2,5-16H2,3H3;4H,1-2,5-14H2,3H3. The molecule has 0 saturated carbocycles. The lowest BCUT2D eigenvalue weighted by Gasteiger charge is -2.04. The molecule has 0 saturated heterocycles. The van der Waals surface area contributed by atoms with Crippen molar-refractivity contribution in [2.45, 2.75) is 129 Å². The van der Waals surface area contributed by atoms with Crippen LogP contribution >= 0.6 is 0 Å². The van der Waals surface area contributed by atoms with Crippen LogP contribution in [0.15, 0.2) is 50.0 Å². The molecule has 0 aliphatic heterocycles. The summed E-state index contributed by atoms with van der Waals surface area (Å²) in [5.41, 5.74) is 0.950. The van der Waals surface area contributed by atoms with Gasteiger partial charge in [0, 0.05) is 11.1 Å². The van der Waals surface area contributed by atoms with Crippen molar-refractivity contribution < 1.29 is 28.5 Å². The molecular weight excluding hydrogens is 504 g/mol. The highest BCUT2D eigenvalue weighted by Gasteiger charge is 2.02. The van der Waals surface area contributed by atoms with Gasteiger partial charge in [-0.2, -0.15) is 0 Å². The van der Waals surface area contributed by atoms with Gasteiger partial charge in [-0.25, -0.2) is 9.59 Å². The Kier molecular flexibility index (Phi) is 32.4. The SMILES string of the molecule is C=COCCCCCCCCCCCCOC(=O)C(=C)C.C=COCCCCCCCCCCOC(=O)C(=C)C. The maximum Gasteiger partial charge on any atom is 0.333 e. The van der Waals surface area contributed by atoms with Gasteiger partial charge in [0.15, 0.2) is 0 Å². The van der Waals surface area contributed by atoms with Crippen molar-refractivity contribution in [1.82, 2.24) is 0 Å². The summed E-state index contributed by atoms with van der Waals surface area (Å²) < 4.78 is 20.2. The summed E-state index contributed by atoms with van der Waals surface area (Å²) >= 11 is 0. The van der Waals surface area contributed by atoms with Gasteiger partial charge in [0.25, 0.3) is 0 Å². The Morgan fingerprint density at radius 3 is 0.900 bits per heavy atom. The van der Waals surface area contributed by atoms with Crippen LogP contribution in [0.25, 0.3) is 0 Å². The van der Waals surface area contributed by atoms with E-state index in [1.807, 2.05) is 0 Å². The lowest BCUT2D eigenvalue weighted by molar-refractivity contribution is -0.139. The number of rotatable bonds is 28. The Morgan fingerprint density at radius 2 is 0.675 bits per heavy atom. The molecule has 0 aliphatic rings. The van der Waals surface area contributed by atoms with Gasteiger partial charge < -0.3 is 18.9 Å². The maximum absolute atomic E-state index is 11.1. The molecule has 0 aromatic carbocycles. The Labute approximate surface area is 246 Å². The highest BCUT2D eigenvalue weighted by molar-refractivity contribution is 5.87. The first-order chi connectivity index (χ1) is 19.4. The highest BCUT2D eigenvalue weighted by atomic mass is 16.5. The second kappa shape index (κ2) is 32.7. The van der Waals surface area contributed by atoms with E-state index in [1.165, 1.54) is 89.6 Å². The van der Waals surface area contributed by atoms with Gasteiger partial charge in [0.05, 0.1) is 39.0 Å². The van der Waals surface area contributed by atoms with Crippen LogP contribution in [0.5, 0.6) is 0 Å². The summed E-state index contributed by atoms with van der Waals surface area (Å²) in [5, 5.41) is 0. The molecule has 0 bridgehead atoms. The molecule has 0 aromatic rings. The zero-order valence-corrected chi connectivity index (χ0v) is 26.0. The number of hydrogen-bond acceptors (Lipinski definition) is 6. The van der Waals surface area contributed by atoms with Crippen LogP contribution in [0.4, 0.5) is 0 Å². The number of ether oxygens (including phenoxy) is 4. The lowest BCUT2D eigenvalue weighted by Crippen LogP contribution is -2.05. The van der Waals surface area contributed by atoms with Crippen LogP contribution in [0.1, 0.15) is 129 Å². The second-order valence-corrected chi connectivity index (χ2v) is 10.3. The van der Waals surface area contributed by atoms with E-state index in [9.17, 15) is 9.59 Å². The summed E-state index contributed by atoms with van der Waals surface area (Å²) in [4.78, 5) is 22.2. The minimum Gasteiger partial charge on any atom is -0.502 e. The molecule has 0 N–H and O–H groups in total. The van der Waals surface area contributed by atoms with Crippen LogP contribution in [-0.4, -0.2) is 38.4 Å². The molecule has 0 spiro atoms. The summed E-state index contributed by atoms with van der Waals surface area (Å²) in [6, 6.07) is 0. The van der Waals surface area contributed by atoms with Crippen molar-refractivity contribution in [1.29, 1.82) is 0 Å². The molecule has 232 valence electrons. The maximum atomic E-state index is 11.1. The van der Waals surface area contributed by atoms with E-state index in [4.69, 9.17) is 18.9 Å².